The average molecular weight is 360 g/mol. The van der Waals surface area contributed by atoms with Crippen LogP contribution in [-0.2, 0) is 12.8 Å². The van der Waals surface area contributed by atoms with Gasteiger partial charge in [0.05, 0.1) is 11.1 Å². The second kappa shape index (κ2) is 8.55. The van der Waals surface area contributed by atoms with Crippen LogP contribution in [0.5, 0.6) is 0 Å². The number of nitrogens with one attached hydrogen (secondary N) is 1. The number of H-pyrrole nitrogens is 1. The first-order chi connectivity index (χ1) is 13.1. The predicted molar refractivity (Wildman–Crippen MR) is 108 cm³/mol. The van der Waals surface area contributed by atoms with Crippen LogP contribution in [-0.4, -0.2) is 21.0 Å². The van der Waals surface area contributed by atoms with E-state index < -0.39 is 5.97 Å². The number of aromatic amines is 1. The summed E-state index contributed by atoms with van der Waals surface area (Å²) in [6.07, 6.45) is 5.51. The summed E-state index contributed by atoms with van der Waals surface area (Å²) in [6, 6.07) is 11.7. The highest BCUT2D eigenvalue weighted by Gasteiger charge is 2.13. The molecule has 0 saturated carbocycles. The number of hydrogen-bond donors (Lipinski definition) is 2. The number of aromatic carboxylic acids is 1. The number of carboxylic acids is 1. The van der Waals surface area contributed by atoms with E-state index in [0.717, 1.165) is 24.2 Å². The Morgan fingerprint density at radius 2 is 1.81 bits per heavy atom. The van der Waals surface area contributed by atoms with Gasteiger partial charge in [0.1, 0.15) is 11.3 Å². The van der Waals surface area contributed by atoms with Gasteiger partial charge in [-0.15, -0.1) is 0 Å². The van der Waals surface area contributed by atoms with E-state index >= 15 is 0 Å². The number of unbranched alkanes of at least 4 members (excludes halogenated alkanes) is 2. The van der Waals surface area contributed by atoms with Crippen molar-refractivity contribution in [2.24, 2.45) is 0 Å². The lowest BCUT2D eigenvalue weighted by molar-refractivity contribution is 0.0699. The van der Waals surface area contributed by atoms with Crippen LogP contribution in [0, 0.1) is 11.8 Å². The Morgan fingerprint density at radius 3 is 2.48 bits per heavy atom. The number of benzene rings is 2. The van der Waals surface area contributed by atoms with Crippen molar-refractivity contribution < 1.29 is 9.90 Å². The Bertz CT molecular complexity index is 1000. The van der Waals surface area contributed by atoms with Gasteiger partial charge in [0.25, 0.3) is 0 Å². The molecule has 0 spiro atoms. The minimum Gasteiger partial charge on any atom is -0.478 e. The number of aryl methyl sites for hydroxylation is 2. The SMILES string of the molecule is CCCCCc1ccc(C#Cc2cc(C(=O)O)c3nc(CC)[nH]c3c2)cc1. The fourth-order valence-corrected chi connectivity index (χ4v) is 3.05. The van der Waals surface area contributed by atoms with Crippen LogP contribution in [0.1, 0.15) is 66.0 Å². The summed E-state index contributed by atoms with van der Waals surface area (Å²) in [5.41, 5.74) is 4.29. The highest BCUT2D eigenvalue weighted by molar-refractivity contribution is 6.01. The lowest BCUT2D eigenvalue weighted by atomic mass is 10.0. The largest absolute Gasteiger partial charge is 0.478 e. The molecule has 0 unspecified atom stereocenters. The minimum absolute atomic E-state index is 0.180. The summed E-state index contributed by atoms with van der Waals surface area (Å²) < 4.78 is 0. The van der Waals surface area contributed by atoms with Gasteiger partial charge in [-0.25, -0.2) is 9.78 Å². The van der Waals surface area contributed by atoms with E-state index in [9.17, 15) is 9.90 Å². The van der Waals surface area contributed by atoms with Gasteiger partial charge in [-0.2, -0.15) is 0 Å². The van der Waals surface area contributed by atoms with E-state index in [2.05, 4.69) is 40.9 Å². The number of carboxylic acid groups (broad SMARTS) is 1. The van der Waals surface area contributed by atoms with Crippen molar-refractivity contribution in [3.05, 3.63) is 64.5 Å². The highest BCUT2D eigenvalue weighted by atomic mass is 16.4. The molecule has 2 aromatic carbocycles. The van der Waals surface area contributed by atoms with Gasteiger partial charge in [0, 0.05) is 17.5 Å². The number of hydrogen-bond acceptors (Lipinski definition) is 2. The third-order valence-corrected chi connectivity index (χ3v) is 4.58. The number of nitrogens with zero attached hydrogens (tertiary/aromatic N) is 1. The summed E-state index contributed by atoms with van der Waals surface area (Å²) in [7, 11) is 0. The normalized spacial score (nSPS) is 10.6. The smallest absolute Gasteiger partial charge is 0.338 e. The molecule has 2 N–H and O–H groups in total. The molecule has 0 atom stereocenters. The molecule has 0 aliphatic carbocycles. The first kappa shape index (κ1) is 18.7. The number of imidazole rings is 1. The molecule has 27 heavy (non-hydrogen) atoms. The maximum Gasteiger partial charge on any atom is 0.338 e. The van der Waals surface area contributed by atoms with Gasteiger partial charge in [0.15, 0.2) is 0 Å². The van der Waals surface area contributed by atoms with Crippen molar-refractivity contribution in [1.82, 2.24) is 9.97 Å². The third kappa shape index (κ3) is 4.57. The topological polar surface area (TPSA) is 66.0 Å². The van der Waals surface area contributed by atoms with E-state index in [-0.39, 0.29) is 5.56 Å². The molecule has 4 heteroatoms. The van der Waals surface area contributed by atoms with Crippen molar-refractivity contribution >= 4 is 17.0 Å². The lowest BCUT2D eigenvalue weighted by Crippen LogP contribution is -1.98. The molecule has 0 aliphatic heterocycles. The Hall–Kier alpha value is -3.06. The van der Waals surface area contributed by atoms with Crippen molar-refractivity contribution in [1.29, 1.82) is 0 Å². The van der Waals surface area contributed by atoms with E-state index in [0.29, 0.717) is 16.6 Å². The molecule has 0 fully saturated rings. The molecule has 3 rings (SSSR count). The van der Waals surface area contributed by atoms with Crippen molar-refractivity contribution in [2.75, 3.05) is 0 Å². The standard InChI is InChI=1S/C23H24N2O2/c1-3-5-6-7-16-8-10-17(11-9-16)12-13-18-14-19(23(26)27)22-20(15-18)24-21(4-2)25-22/h8-11,14-15H,3-7H2,1-2H3,(H,24,25)(H,26,27). The van der Waals surface area contributed by atoms with E-state index in [4.69, 9.17) is 0 Å². The monoisotopic (exact) mass is 360 g/mol. The number of carbonyl (C=O) groups is 1. The molecule has 0 amide bonds. The van der Waals surface area contributed by atoms with Gasteiger partial charge in [-0.1, -0.05) is 50.7 Å². The molecule has 0 radical (unpaired) electrons. The Kier molecular flexibility index (Phi) is 5.93. The third-order valence-electron chi connectivity index (χ3n) is 4.58. The van der Waals surface area contributed by atoms with E-state index in [1.807, 2.05) is 25.1 Å². The zero-order valence-corrected chi connectivity index (χ0v) is 15.8. The Morgan fingerprint density at radius 1 is 1.07 bits per heavy atom. The molecule has 0 bridgehead atoms. The molecule has 3 aromatic rings. The Balaban J connectivity index is 1.85. The zero-order valence-electron chi connectivity index (χ0n) is 15.8. The van der Waals surface area contributed by atoms with Gasteiger partial charge in [0.2, 0.25) is 0 Å². The zero-order chi connectivity index (χ0) is 19.2. The first-order valence-corrected chi connectivity index (χ1v) is 9.47. The fraction of sp³-hybridized carbons (Fsp3) is 0.304. The van der Waals surface area contributed by atoms with Crippen LogP contribution in [0.3, 0.4) is 0 Å². The van der Waals surface area contributed by atoms with E-state index in [1.54, 1.807) is 6.07 Å². The first-order valence-electron chi connectivity index (χ1n) is 9.47. The van der Waals surface area contributed by atoms with Crippen molar-refractivity contribution in [3.8, 4) is 11.8 Å². The maximum atomic E-state index is 11.6. The predicted octanol–water partition coefficient (Wildman–Crippen LogP) is 4.96. The van der Waals surface area contributed by atoms with Gasteiger partial charge < -0.3 is 10.1 Å². The molecule has 1 heterocycles. The Labute approximate surface area is 159 Å². The van der Waals surface area contributed by atoms with Crippen LogP contribution in [0.2, 0.25) is 0 Å². The summed E-state index contributed by atoms with van der Waals surface area (Å²) in [6.45, 7) is 4.18. The summed E-state index contributed by atoms with van der Waals surface area (Å²) in [4.78, 5) is 19.1. The van der Waals surface area contributed by atoms with Gasteiger partial charge in [-0.3, -0.25) is 0 Å². The summed E-state index contributed by atoms with van der Waals surface area (Å²) >= 11 is 0. The molecule has 138 valence electrons. The molecule has 0 saturated heterocycles. The maximum absolute atomic E-state index is 11.6. The van der Waals surface area contributed by atoms with Crippen molar-refractivity contribution in [3.63, 3.8) is 0 Å². The summed E-state index contributed by atoms with van der Waals surface area (Å²) in [5, 5.41) is 9.49. The van der Waals surface area contributed by atoms with Crippen LogP contribution in [0.15, 0.2) is 36.4 Å². The second-order valence-electron chi connectivity index (χ2n) is 6.67. The second-order valence-corrected chi connectivity index (χ2v) is 6.67. The van der Waals surface area contributed by atoms with Crippen LogP contribution in [0.4, 0.5) is 0 Å². The quantitative estimate of drug-likeness (QED) is 0.482. The van der Waals surface area contributed by atoms with Crippen LogP contribution in [0.25, 0.3) is 11.0 Å². The van der Waals surface area contributed by atoms with E-state index in [1.165, 1.54) is 24.8 Å². The fourth-order valence-electron chi connectivity index (χ4n) is 3.05. The van der Waals surface area contributed by atoms with Gasteiger partial charge in [-0.05, 0) is 42.7 Å². The van der Waals surface area contributed by atoms with Crippen LogP contribution >= 0.6 is 0 Å². The summed E-state index contributed by atoms with van der Waals surface area (Å²) in [5.74, 6) is 6.00. The molecular formula is C23H24N2O2. The number of fused-ring (bicyclic) bond motifs is 1. The molecule has 1 aromatic heterocycles. The highest BCUT2D eigenvalue weighted by Crippen LogP contribution is 2.20. The minimum atomic E-state index is -0.991. The molecular weight excluding hydrogens is 336 g/mol. The van der Waals surface area contributed by atoms with Crippen LogP contribution < -0.4 is 0 Å². The van der Waals surface area contributed by atoms with Gasteiger partial charge >= 0.3 is 5.97 Å². The van der Waals surface area contributed by atoms with Crippen molar-refractivity contribution in [2.45, 2.75) is 46.0 Å². The average Bonchev–Trinajstić information content (AvgIpc) is 3.10. The lowest BCUT2D eigenvalue weighted by Gasteiger charge is -2.00. The number of rotatable bonds is 6. The molecule has 0 aliphatic rings. The molecule has 4 nitrogen and oxygen atoms in total. The number of aromatic nitrogens is 2.